The molecule has 0 spiro atoms. The lowest BCUT2D eigenvalue weighted by molar-refractivity contribution is -0.119. The molecule has 1 atom stereocenters. The minimum Gasteiger partial charge on any atom is -0.324 e. The van der Waals surface area contributed by atoms with Crippen molar-refractivity contribution < 1.29 is 9.59 Å². The molecule has 138 valence electrons. The van der Waals surface area contributed by atoms with Crippen molar-refractivity contribution >= 4 is 23.2 Å². The number of aryl methyl sites for hydroxylation is 1. The highest BCUT2D eigenvalue weighted by Gasteiger charge is 2.15. The quantitative estimate of drug-likeness (QED) is 0.721. The number of carbonyl (C=O) groups is 2. The first-order valence-electron chi connectivity index (χ1n) is 8.73. The maximum absolute atomic E-state index is 12.6. The summed E-state index contributed by atoms with van der Waals surface area (Å²) in [4.78, 5) is 25.0. The molecular weight excluding hydrogens is 340 g/mol. The molecule has 1 unspecified atom stereocenters. The Bertz CT molecular complexity index is 964. The van der Waals surface area contributed by atoms with E-state index in [0.29, 0.717) is 16.9 Å². The fourth-order valence-electron chi connectivity index (χ4n) is 2.75. The van der Waals surface area contributed by atoms with Crippen molar-refractivity contribution in [1.82, 2.24) is 9.78 Å². The van der Waals surface area contributed by atoms with Crippen LogP contribution in [0, 0.1) is 13.8 Å². The first-order chi connectivity index (χ1) is 13.0. The van der Waals surface area contributed by atoms with Gasteiger partial charge in [0.15, 0.2) is 0 Å². The lowest BCUT2D eigenvalue weighted by Gasteiger charge is -2.14. The third-order valence-electron chi connectivity index (χ3n) is 4.54. The Balaban J connectivity index is 1.71. The average molecular weight is 362 g/mol. The Hall–Kier alpha value is -3.41. The van der Waals surface area contributed by atoms with Crippen LogP contribution in [0.1, 0.15) is 34.5 Å². The molecular formula is C21H22N4O2. The summed E-state index contributed by atoms with van der Waals surface area (Å²) >= 11 is 0. The molecule has 1 heterocycles. The lowest BCUT2D eigenvalue weighted by Crippen LogP contribution is -2.24. The van der Waals surface area contributed by atoms with Crippen LogP contribution in [0.25, 0.3) is 0 Å². The zero-order valence-corrected chi connectivity index (χ0v) is 15.6. The zero-order chi connectivity index (χ0) is 19.4. The van der Waals surface area contributed by atoms with Crippen LogP contribution in [-0.4, -0.2) is 21.6 Å². The summed E-state index contributed by atoms with van der Waals surface area (Å²) in [6.07, 6.45) is 3.37. The number of anilines is 2. The summed E-state index contributed by atoms with van der Waals surface area (Å²) in [6, 6.07) is 14.1. The minimum absolute atomic E-state index is 0.176. The van der Waals surface area contributed by atoms with Gasteiger partial charge in [-0.25, -0.2) is 0 Å². The molecule has 0 aliphatic carbocycles. The van der Waals surface area contributed by atoms with Gasteiger partial charge in [-0.3, -0.25) is 14.3 Å². The molecule has 3 aromatic rings. The second kappa shape index (κ2) is 7.86. The number of hydrogen-bond acceptors (Lipinski definition) is 3. The average Bonchev–Trinajstić information content (AvgIpc) is 3.18. The molecule has 2 N–H and O–H groups in total. The number of benzene rings is 2. The van der Waals surface area contributed by atoms with E-state index in [1.54, 1.807) is 60.4 Å². The van der Waals surface area contributed by atoms with Crippen molar-refractivity contribution in [3.63, 3.8) is 0 Å². The zero-order valence-electron chi connectivity index (χ0n) is 15.6. The largest absolute Gasteiger partial charge is 0.324 e. The van der Waals surface area contributed by atoms with Gasteiger partial charge in [0.25, 0.3) is 5.91 Å². The van der Waals surface area contributed by atoms with E-state index < -0.39 is 6.04 Å². The molecule has 0 saturated heterocycles. The molecule has 6 nitrogen and oxygen atoms in total. The molecule has 0 bridgehead atoms. The molecule has 0 aliphatic rings. The molecule has 27 heavy (non-hydrogen) atoms. The predicted octanol–water partition coefficient (Wildman–Crippen LogP) is 3.95. The summed E-state index contributed by atoms with van der Waals surface area (Å²) in [5.74, 6) is -0.360. The second-order valence-corrected chi connectivity index (χ2v) is 6.43. The molecule has 6 heteroatoms. The maximum atomic E-state index is 12.6. The van der Waals surface area contributed by atoms with Crippen molar-refractivity contribution in [2.24, 2.45) is 0 Å². The normalized spacial score (nSPS) is 11.7. The SMILES string of the molecule is Cc1cccc(C(=O)Nc2cccc(NC(=O)C(C)n3cccn3)c2)c1C. The Morgan fingerprint density at radius 1 is 1.00 bits per heavy atom. The fourth-order valence-corrected chi connectivity index (χ4v) is 2.75. The van der Waals surface area contributed by atoms with Gasteiger partial charge >= 0.3 is 0 Å². The smallest absolute Gasteiger partial charge is 0.255 e. The van der Waals surface area contributed by atoms with E-state index in [2.05, 4.69) is 15.7 Å². The van der Waals surface area contributed by atoms with Crippen LogP contribution in [0.4, 0.5) is 11.4 Å². The van der Waals surface area contributed by atoms with Crippen LogP contribution < -0.4 is 10.6 Å². The molecule has 2 aromatic carbocycles. The number of carbonyl (C=O) groups excluding carboxylic acids is 2. The summed E-state index contributed by atoms with van der Waals surface area (Å²) in [5.41, 5.74) is 3.88. The maximum Gasteiger partial charge on any atom is 0.255 e. The standard InChI is InChI=1S/C21H22N4O2/c1-14-7-4-10-19(15(14)2)21(27)24-18-9-5-8-17(13-18)23-20(26)16(3)25-12-6-11-22-25/h4-13,16H,1-3H3,(H,23,26)(H,24,27). The van der Waals surface area contributed by atoms with Crippen molar-refractivity contribution in [2.75, 3.05) is 10.6 Å². The molecule has 1 aromatic heterocycles. The number of hydrogen-bond donors (Lipinski definition) is 2. The summed E-state index contributed by atoms with van der Waals surface area (Å²) in [6.45, 7) is 5.68. The third-order valence-corrected chi connectivity index (χ3v) is 4.54. The number of aromatic nitrogens is 2. The van der Waals surface area contributed by atoms with E-state index in [1.165, 1.54) is 0 Å². The van der Waals surface area contributed by atoms with Gasteiger partial charge in [-0.1, -0.05) is 18.2 Å². The van der Waals surface area contributed by atoms with E-state index >= 15 is 0 Å². The van der Waals surface area contributed by atoms with Gasteiger partial charge in [-0.2, -0.15) is 5.10 Å². The molecule has 3 rings (SSSR count). The van der Waals surface area contributed by atoms with Gasteiger partial charge in [0, 0.05) is 29.3 Å². The van der Waals surface area contributed by atoms with Crippen molar-refractivity contribution in [3.8, 4) is 0 Å². The lowest BCUT2D eigenvalue weighted by atomic mass is 10.0. The van der Waals surface area contributed by atoms with Crippen LogP contribution >= 0.6 is 0 Å². The van der Waals surface area contributed by atoms with Gasteiger partial charge in [-0.05, 0) is 62.2 Å². The highest BCUT2D eigenvalue weighted by Crippen LogP contribution is 2.19. The predicted molar refractivity (Wildman–Crippen MR) is 106 cm³/mol. The van der Waals surface area contributed by atoms with E-state index in [4.69, 9.17) is 0 Å². The van der Waals surface area contributed by atoms with Crippen LogP contribution in [-0.2, 0) is 4.79 Å². The number of rotatable bonds is 5. The van der Waals surface area contributed by atoms with Gasteiger partial charge in [0.2, 0.25) is 5.91 Å². The van der Waals surface area contributed by atoms with Gasteiger partial charge in [-0.15, -0.1) is 0 Å². The Morgan fingerprint density at radius 2 is 1.70 bits per heavy atom. The third kappa shape index (κ3) is 4.23. The van der Waals surface area contributed by atoms with Crippen LogP contribution in [0.3, 0.4) is 0 Å². The monoisotopic (exact) mass is 362 g/mol. The Labute approximate surface area is 158 Å². The molecule has 0 radical (unpaired) electrons. The Kier molecular flexibility index (Phi) is 5.35. The van der Waals surface area contributed by atoms with Gasteiger partial charge < -0.3 is 10.6 Å². The second-order valence-electron chi connectivity index (χ2n) is 6.43. The van der Waals surface area contributed by atoms with E-state index in [1.807, 2.05) is 26.0 Å². The topological polar surface area (TPSA) is 76.0 Å². The van der Waals surface area contributed by atoms with Crippen LogP contribution in [0.15, 0.2) is 60.9 Å². The molecule has 0 aliphatic heterocycles. The molecule has 0 saturated carbocycles. The van der Waals surface area contributed by atoms with Crippen molar-refractivity contribution in [1.29, 1.82) is 0 Å². The number of amides is 2. The summed E-state index contributed by atoms with van der Waals surface area (Å²) in [5, 5.41) is 9.83. The van der Waals surface area contributed by atoms with Gasteiger partial charge in [0.05, 0.1) is 0 Å². The van der Waals surface area contributed by atoms with E-state index in [0.717, 1.165) is 11.1 Å². The van der Waals surface area contributed by atoms with Crippen LogP contribution in [0.5, 0.6) is 0 Å². The first kappa shape index (κ1) is 18.4. The van der Waals surface area contributed by atoms with Crippen LogP contribution in [0.2, 0.25) is 0 Å². The van der Waals surface area contributed by atoms with Crippen molar-refractivity contribution in [3.05, 3.63) is 77.6 Å². The number of nitrogens with zero attached hydrogens (tertiary/aromatic N) is 2. The summed E-state index contributed by atoms with van der Waals surface area (Å²) < 4.78 is 1.58. The van der Waals surface area contributed by atoms with Gasteiger partial charge in [0.1, 0.15) is 6.04 Å². The minimum atomic E-state index is -0.437. The molecule has 0 fully saturated rings. The Morgan fingerprint density at radius 3 is 2.41 bits per heavy atom. The van der Waals surface area contributed by atoms with Crippen molar-refractivity contribution in [2.45, 2.75) is 26.8 Å². The summed E-state index contributed by atoms with van der Waals surface area (Å²) in [7, 11) is 0. The van der Waals surface area contributed by atoms with E-state index in [-0.39, 0.29) is 11.8 Å². The number of nitrogens with one attached hydrogen (secondary N) is 2. The first-order valence-corrected chi connectivity index (χ1v) is 8.73. The van der Waals surface area contributed by atoms with E-state index in [9.17, 15) is 9.59 Å². The highest BCUT2D eigenvalue weighted by atomic mass is 16.2. The highest BCUT2D eigenvalue weighted by molar-refractivity contribution is 6.05. The fraction of sp³-hybridized carbons (Fsp3) is 0.190. The molecule has 2 amide bonds.